The molecule has 4 rings (SSSR count). The number of aromatic nitrogens is 1. The van der Waals surface area contributed by atoms with Gasteiger partial charge < -0.3 is 14.5 Å². The highest BCUT2D eigenvalue weighted by Gasteiger charge is 2.31. The van der Waals surface area contributed by atoms with Crippen molar-refractivity contribution in [2.45, 2.75) is 32.4 Å². The van der Waals surface area contributed by atoms with Gasteiger partial charge in [0.05, 0.1) is 5.69 Å². The van der Waals surface area contributed by atoms with Gasteiger partial charge in [-0.1, -0.05) is 19.1 Å². The van der Waals surface area contributed by atoms with Crippen molar-refractivity contribution in [3.63, 3.8) is 0 Å². The highest BCUT2D eigenvalue weighted by atomic mass is 16.5. The average molecular weight is 310 g/mol. The van der Waals surface area contributed by atoms with E-state index in [1.807, 2.05) is 31.2 Å². The van der Waals surface area contributed by atoms with Crippen LogP contribution >= 0.6 is 0 Å². The number of rotatable bonds is 2. The molecule has 2 aliphatic heterocycles. The van der Waals surface area contributed by atoms with Crippen LogP contribution in [-0.2, 0) is 4.74 Å². The maximum absolute atomic E-state index is 12.5. The van der Waals surface area contributed by atoms with E-state index in [1.165, 1.54) is 6.07 Å². The summed E-state index contributed by atoms with van der Waals surface area (Å²) in [5, 5.41) is 3.22. The molecule has 118 valence electrons. The van der Waals surface area contributed by atoms with Gasteiger partial charge in [0.15, 0.2) is 11.3 Å². The van der Waals surface area contributed by atoms with E-state index in [2.05, 4.69) is 12.2 Å². The third kappa shape index (κ3) is 2.28. The predicted molar refractivity (Wildman–Crippen MR) is 89.0 cm³/mol. The third-order valence-corrected chi connectivity index (χ3v) is 4.32. The molecule has 0 bridgehead atoms. The topological polar surface area (TPSA) is 64.4 Å². The molecule has 2 heterocycles. The second kappa shape index (κ2) is 5.35. The van der Waals surface area contributed by atoms with Crippen LogP contribution in [0.15, 0.2) is 39.5 Å². The number of para-hydroxylation sites is 2. The number of anilines is 1. The summed E-state index contributed by atoms with van der Waals surface area (Å²) in [4.78, 5) is 17.2. The lowest BCUT2D eigenvalue weighted by molar-refractivity contribution is 0.0693. The monoisotopic (exact) mass is 310 g/mol. The van der Waals surface area contributed by atoms with Crippen LogP contribution in [0.1, 0.15) is 31.7 Å². The van der Waals surface area contributed by atoms with Crippen LogP contribution in [0.2, 0.25) is 0 Å². The van der Waals surface area contributed by atoms with Crippen molar-refractivity contribution in [3.8, 4) is 11.5 Å². The predicted octanol–water partition coefficient (Wildman–Crippen LogP) is 3.57. The molecule has 0 saturated heterocycles. The van der Waals surface area contributed by atoms with Crippen molar-refractivity contribution in [2.75, 3.05) is 11.9 Å². The standard InChI is InChI=1S/C18H18N2O3/c1-3-22-15-8-10(2)16-17(20-15)12(21)9-14-18(16)19-11-6-4-5-7-13(11)23-14/h4-7,9-10,15,20H,3,8H2,1-2H3. The second-order valence-corrected chi connectivity index (χ2v) is 5.92. The zero-order valence-electron chi connectivity index (χ0n) is 13.1. The van der Waals surface area contributed by atoms with Crippen LogP contribution in [0.3, 0.4) is 0 Å². The Morgan fingerprint density at radius 3 is 3.04 bits per heavy atom. The lowest BCUT2D eigenvalue weighted by Crippen LogP contribution is -2.34. The Bertz CT molecular complexity index is 903. The number of hydrogen-bond donors (Lipinski definition) is 1. The molecule has 2 unspecified atom stereocenters. The van der Waals surface area contributed by atoms with Gasteiger partial charge in [-0.05, 0) is 31.4 Å². The fourth-order valence-corrected chi connectivity index (χ4v) is 3.31. The lowest BCUT2D eigenvalue weighted by atomic mass is 9.88. The molecule has 0 fully saturated rings. The quantitative estimate of drug-likeness (QED) is 0.733. The van der Waals surface area contributed by atoms with Gasteiger partial charge in [-0.3, -0.25) is 4.79 Å². The zero-order valence-corrected chi connectivity index (χ0v) is 13.1. The Kier molecular flexibility index (Phi) is 3.31. The van der Waals surface area contributed by atoms with Crippen molar-refractivity contribution < 1.29 is 9.15 Å². The van der Waals surface area contributed by atoms with Crippen LogP contribution in [0, 0.1) is 0 Å². The summed E-state index contributed by atoms with van der Waals surface area (Å²) in [5.41, 5.74) is 3.67. The number of ether oxygens (including phenoxy) is 1. The Hall–Kier alpha value is -2.40. The Balaban J connectivity index is 1.97. The highest BCUT2D eigenvalue weighted by Crippen LogP contribution is 2.40. The molecule has 3 aliphatic rings. The first kappa shape index (κ1) is 14.2. The summed E-state index contributed by atoms with van der Waals surface area (Å²) >= 11 is 0. The van der Waals surface area contributed by atoms with Gasteiger partial charge in [-0.25, -0.2) is 4.98 Å². The van der Waals surface area contributed by atoms with E-state index in [1.54, 1.807) is 0 Å². The van der Waals surface area contributed by atoms with E-state index >= 15 is 0 Å². The Morgan fingerprint density at radius 2 is 2.22 bits per heavy atom. The zero-order chi connectivity index (χ0) is 16.0. The van der Waals surface area contributed by atoms with Crippen LogP contribution in [0.4, 0.5) is 5.69 Å². The molecule has 0 aromatic heterocycles. The van der Waals surface area contributed by atoms with E-state index in [0.717, 1.165) is 23.2 Å². The largest absolute Gasteiger partial charge is 0.453 e. The molecule has 0 radical (unpaired) electrons. The van der Waals surface area contributed by atoms with Gasteiger partial charge in [0.1, 0.15) is 17.4 Å². The minimum atomic E-state index is -0.134. The molecule has 1 N–H and O–H groups in total. The fraction of sp³-hybridized carbons (Fsp3) is 0.333. The molecule has 0 amide bonds. The maximum atomic E-state index is 12.5. The van der Waals surface area contributed by atoms with E-state index < -0.39 is 0 Å². The van der Waals surface area contributed by atoms with Crippen molar-refractivity contribution in [1.29, 1.82) is 0 Å². The summed E-state index contributed by atoms with van der Waals surface area (Å²) in [7, 11) is 0. The SMILES string of the molecule is CCOC1CC(C)c2c3nc4ccccc4oc-3cc(=O)c2N1. The van der Waals surface area contributed by atoms with Gasteiger partial charge >= 0.3 is 0 Å². The van der Waals surface area contributed by atoms with E-state index in [9.17, 15) is 4.79 Å². The van der Waals surface area contributed by atoms with Crippen LogP contribution < -0.4 is 10.7 Å². The van der Waals surface area contributed by atoms with Crippen LogP contribution in [-0.4, -0.2) is 17.8 Å². The van der Waals surface area contributed by atoms with Gasteiger partial charge in [0.25, 0.3) is 0 Å². The molecule has 5 nitrogen and oxygen atoms in total. The summed E-state index contributed by atoms with van der Waals surface area (Å²) in [5.74, 6) is 0.707. The summed E-state index contributed by atoms with van der Waals surface area (Å²) in [6.07, 6.45) is 0.665. The second-order valence-electron chi connectivity index (χ2n) is 5.92. The number of fused-ring (bicyclic) bond motifs is 4. The van der Waals surface area contributed by atoms with Gasteiger partial charge in [0, 0.05) is 18.2 Å². The van der Waals surface area contributed by atoms with Crippen molar-refractivity contribution >= 4 is 16.8 Å². The molecule has 1 aromatic carbocycles. The first-order valence-corrected chi connectivity index (χ1v) is 7.92. The first-order valence-electron chi connectivity index (χ1n) is 7.92. The number of nitrogens with one attached hydrogen (secondary N) is 1. The Morgan fingerprint density at radius 1 is 1.39 bits per heavy atom. The molecule has 23 heavy (non-hydrogen) atoms. The highest BCUT2D eigenvalue weighted by molar-refractivity contribution is 5.80. The summed E-state index contributed by atoms with van der Waals surface area (Å²) < 4.78 is 11.5. The van der Waals surface area contributed by atoms with Gasteiger partial charge in [0.2, 0.25) is 5.43 Å². The number of hydrogen-bond acceptors (Lipinski definition) is 5. The number of benzene rings is 2. The van der Waals surface area contributed by atoms with E-state index in [-0.39, 0.29) is 17.6 Å². The lowest BCUT2D eigenvalue weighted by Gasteiger charge is -2.31. The minimum absolute atomic E-state index is 0.0791. The van der Waals surface area contributed by atoms with E-state index in [4.69, 9.17) is 14.1 Å². The van der Waals surface area contributed by atoms with Crippen LogP contribution in [0.5, 0.6) is 0 Å². The molecule has 0 spiro atoms. The molecule has 0 saturated carbocycles. The summed E-state index contributed by atoms with van der Waals surface area (Å²) in [6.45, 7) is 4.66. The van der Waals surface area contributed by atoms with Crippen molar-refractivity contribution in [3.05, 3.63) is 46.1 Å². The minimum Gasteiger partial charge on any atom is -0.453 e. The normalized spacial score (nSPS) is 20.4. The average Bonchev–Trinajstić information content (AvgIpc) is 2.54. The van der Waals surface area contributed by atoms with Gasteiger partial charge in [-0.15, -0.1) is 0 Å². The fourth-order valence-electron chi connectivity index (χ4n) is 3.31. The maximum Gasteiger partial charge on any atom is 0.205 e. The Labute approximate surface area is 133 Å². The van der Waals surface area contributed by atoms with E-state index in [0.29, 0.717) is 23.6 Å². The molecule has 1 aromatic rings. The van der Waals surface area contributed by atoms with Crippen molar-refractivity contribution in [1.82, 2.24) is 4.98 Å². The molecular formula is C18H18N2O3. The van der Waals surface area contributed by atoms with Crippen LogP contribution in [0.25, 0.3) is 22.6 Å². The molecular weight excluding hydrogens is 292 g/mol. The molecule has 5 heteroatoms. The first-order chi connectivity index (χ1) is 11.2. The third-order valence-electron chi connectivity index (χ3n) is 4.32. The summed E-state index contributed by atoms with van der Waals surface area (Å²) in [6, 6.07) is 9.12. The number of nitrogens with zero attached hydrogens (tertiary/aromatic N) is 1. The molecule has 2 atom stereocenters. The van der Waals surface area contributed by atoms with Crippen molar-refractivity contribution in [2.24, 2.45) is 0 Å². The molecule has 1 aliphatic carbocycles. The van der Waals surface area contributed by atoms with Gasteiger partial charge in [-0.2, -0.15) is 0 Å². The smallest absolute Gasteiger partial charge is 0.205 e.